The van der Waals surface area contributed by atoms with E-state index in [-0.39, 0.29) is 22.0 Å². The molecule has 27 heavy (non-hydrogen) atoms. The molecule has 2 nitrogen and oxygen atoms in total. The normalized spacial score (nSPS) is 10.4. The standard InChI is InChI=1S/C17H9ClF5NO.C2H6/c18-12-6-8-13(9-7-12)24(16(25)17(21,22)23)14-4-2-1-3-11(14)5-10-15(19)20;1-2/h1-4,6-9,15H;1-2H3. The minimum atomic E-state index is -5.18. The Morgan fingerprint density at radius 1 is 1.04 bits per heavy atom. The summed E-state index contributed by atoms with van der Waals surface area (Å²) in [6.45, 7) is 4.00. The number of halogens is 6. The Bertz CT molecular complexity index is 822. The molecule has 0 spiro atoms. The molecule has 2 aromatic rings. The smallest absolute Gasteiger partial charge is 0.272 e. The molecule has 0 aliphatic carbocycles. The fourth-order valence-corrected chi connectivity index (χ4v) is 2.12. The molecule has 0 radical (unpaired) electrons. The molecule has 2 aromatic carbocycles. The SMILES string of the molecule is CC.O=C(N(c1ccc(Cl)cc1)c1ccccc1C#CC(F)F)C(F)(F)F. The summed E-state index contributed by atoms with van der Waals surface area (Å²) in [7, 11) is 0. The van der Waals surface area contributed by atoms with E-state index in [2.05, 4.69) is 5.92 Å². The van der Waals surface area contributed by atoms with Gasteiger partial charge in [0.05, 0.1) is 5.69 Å². The second-order valence-corrected chi connectivity index (χ2v) is 5.14. The van der Waals surface area contributed by atoms with Gasteiger partial charge in [0.15, 0.2) is 0 Å². The van der Waals surface area contributed by atoms with E-state index in [9.17, 15) is 26.7 Å². The van der Waals surface area contributed by atoms with Crippen LogP contribution in [0.1, 0.15) is 19.4 Å². The van der Waals surface area contributed by atoms with E-state index < -0.39 is 18.5 Å². The number of alkyl halides is 5. The zero-order chi connectivity index (χ0) is 20.6. The second kappa shape index (κ2) is 9.93. The summed E-state index contributed by atoms with van der Waals surface area (Å²) in [6, 6.07) is 10.3. The van der Waals surface area contributed by atoms with Crippen molar-refractivity contribution in [3.63, 3.8) is 0 Å². The number of benzene rings is 2. The van der Waals surface area contributed by atoms with E-state index in [4.69, 9.17) is 11.6 Å². The lowest BCUT2D eigenvalue weighted by Crippen LogP contribution is -2.38. The zero-order valence-electron chi connectivity index (χ0n) is 14.3. The molecule has 0 N–H and O–H groups in total. The average Bonchev–Trinajstić information content (AvgIpc) is 2.63. The Hall–Kier alpha value is -2.59. The Morgan fingerprint density at radius 3 is 2.11 bits per heavy atom. The summed E-state index contributed by atoms with van der Waals surface area (Å²) in [5.74, 6) is 1.49. The van der Waals surface area contributed by atoms with Gasteiger partial charge in [0, 0.05) is 16.3 Å². The van der Waals surface area contributed by atoms with E-state index >= 15 is 0 Å². The Morgan fingerprint density at radius 2 is 1.59 bits per heavy atom. The number of carbonyl (C=O) groups excluding carboxylic acids is 1. The number of amides is 1. The third kappa shape index (κ3) is 6.26. The zero-order valence-corrected chi connectivity index (χ0v) is 15.1. The van der Waals surface area contributed by atoms with Crippen molar-refractivity contribution in [2.24, 2.45) is 0 Å². The molecular weight excluding hydrogens is 389 g/mol. The van der Waals surface area contributed by atoms with Gasteiger partial charge in [0.2, 0.25) is 0 Å². The number of nitrogens with zero attached hydrogens (tertiary/aromatic N) is 1. The quantitative estimate of drug-likeness (QED) is 0.431. The first-order valence-electron chi connectivity index (χ1n) is 7.75. The van der Waals surface area contributed by atoms with Gasteiger partial charge in [-0.15, -0.1) is 0 Å². The average molecular weight is 404 g/mol. The lowest BCUT2D eigenvalue weighted by Gasteiger charge is -2.25. The van der Waals surface area contributed by atoms with E-state index in [1.807, 2.05) is 13.8 Å². The number of para-hydroxylation sites is 1. The van der Waals surface area contributed by atoms with Crippen LogP contribution in [-0.4, -0.2) is 18.5 Å². The number of carbonyl (C=O) groups is 1. The third-order valence-corrected chi connectivity index (χ3v) is 3.24. The highest BCUT2D eigenvalue weighted by Gasteiger charge is 2.44. The second-order valence-electron chi connectivity index (χ2n) is 4.70. The van der Waals surface area contributed by atoms with Crippen LogP contribution in [0.2, 0.25) is 5.02 Å². The first kappa shape index (κ1) is 22.5. The summed E-state index contributed by atoms with van der Waals surface area (Å²) >= 11 is 5.72. The summed E-state index contributed by atoms with van der Waals surface area (Å²) in [6.07, 6.45) is -8.14. The maximum absolute atomic E-state index is 13.0. The van der Waals surface area contributed by atoms with Gasteiger partial charge in [0.25, 0.3) is 6.43 Å². The summed E-state index contributed by atoms with van der Waals surface area (Å²) in [5, 5.41) is 0.258. The molecule has 0 atom stereocenters. The molecule has 8 heteroatoms. The van der Waals surface area contributed by atoms with Gasteiger partial charge in [-0.2, -0.15) is 22.0 Å². The predicted octanol–water partition coefficient (Wildman–Crippen LogP) is 6.21. The van der Waals surface area contributed by atoms with Crippen LogP contribution in [0.5, 0.6) is 0 Å². The van der Waals surface area contributed by atoms with Crippen LogP contribution in [0.4, 0.5) is 33.3 Å². The molecule has 0 heterocycles. The maximum atomic E-state index is 13.0. The van der Waals surface area contributed by atoms with Crippen molar-refractivity contribution in [1.29, 1.82) is 0 Å². The number of anilines is 2. The number of hydrogen-bond acceptors (Lipinski definition) is 1. The summed E-state index contributed by atoms with van der Waals surface area (Å²) in [4.78, 5) is 12.3. The molecule has 0 aliphatic heterocycles. The molecule has 0 aliphatic rings. The van der Waals surface area contributed by atoms with Crippen molar-refractivity contribution in [3.05, 3.63) is 59.1 Å². The fourth-order valence-electron chi connectivity index (χ4n) is 1.99. The van der Waals surface area contributed by atoms with Gasteiger partial charge >= 0.3 is 12.1 Å². The summed E-state index contributed by atoms with van der Waals surface area (Å²) < 4.78 is 63.7. The molecule has 144 valence electrons. The lowest BCUT2D eigenvalue weighted by molar-refractivity contribution is -0.169. The molecule has 0 unspecified atom stereocenters. The van der Waals surface area contributed by atoms with Crippen LogP contribution < -0.4 is 4.90 Å². The summed E-state index contributed by atoms with van der Waals surface area (Å²) in [5.41, 5.74) is -0.534. The minimum absolute atomic E-state index is 0.127. The first-order valence-corrected chi connectivity index (χ1v) is 8.13. The lowest BCUT2D eigenvalue weighted by atomic mass is 10.1. The first-order chi connectivity index (χ1) is 12.7. The molecule has 0 saturated carbocycles. The van der Waals surface area contributed by atoms with Gasteiger partial charge in [-0.1, -0.05) is 43.5 Å². The molecule has 0 aromatic heterocycles. The minimum Gasteiger partial charge on any atom is -0.272 e. The van der Waals surface area contributed by atoms with E-state index in [1.165, 1.54) is 48.5 Å². The molecule has 2 rings (SSSR count). The van der Waals surface area contributed by atoms with Crippen molar-refractivity contribution < 1.29 is 26.7 Å². The van der Waals surface area contributed by atoms with Crippen molar-refractivity contribution in [2.45, 2.75) is 26.4 Å². The van der Waals surface area contributed by atoms with Gasteiger partial charge in [-0.3, -0.25) is 9.69 Å². The van der Waals surface area contributed by atoms with Crippen molar-refractivity contribution in [3.8, 4) is 11.8 Å². The Kier molecular flexibility index (Phi) is 8.26. The van der Waals surface area contributed by atoms with Gasteiger partial charge < -0.3 is 0 Å². The van der Waals surface area contributed by atoms with Crippen LogP contribution >= 0.6 is 11.6 Å². The van der Waals surface area contributed by atoms with Gasteiger partial charge in [0.1, 0.15) is 0 Å². The molecule has 1 amide bonds. The third-order valence-electron chi connectivity index (χ3n) is 2.99. The number of rotatable bonds is 2. The van der Waals surface area contributed by atoms with E-state index in [0.29, 0.717) is 4.90 Å². The van der Waals surface area contributed by atoms with E-state index in [1.54, 1.807) is 5.92 Å². The largest absolute Gasteiger partial charge is 0.472 e. The highest BCUT2D eigenvalue weighted by molar-refractivity contribution is 6.30. The number of hydrogen-bond donors (Lipinski definition) is 0. The molecule has 0 fully saturated rings. The van der Waals surface area contributed by atoms with Crippen LogP contribution in [-0.2, 0) is 4.79 Å². The highest BCUT2D eigenvalue weighted by Crippen LogP contribution is 2.33. The Labute approximate surface area is 158 Å². The topological polar surface area (TPSA) is 20.3 Å². The van der Waals surface area contributed by atoms with Crippen LogP contribution in [0.25, 0.3) is 0 Å². The van der Waals surface area contributed by atoms with Gasteiger partial charge in [-0.05, 0) is 42.3 Å². The molecular formula is C19H15ClF5NO. The van der Waals surface area contributed by atoms with Crippen molar-refractivity contribution in [1.82, 2.24) is 0 Å². The van der Waals surface area contributed by atoms with Crippen LogP contribution in [0.15, 0.2) is 48.5 Å². The fraction of sp³-hybridized carbons (Fsp3) is 0.211. The predicted molar refractivity (Wildman–Crippen MR) is 95.3 cm³/mol. The maximum Gasteiger partial charge on any atom is 0.472 e. The van der Waals surface area contributed by atoms with Gasteiger partial charge in [-0.25, -0.2) is 0 Å². The van der Waals surface area contributed by atoms with Crippen molar-refractivity contribution in [2.75, 3.05) is 4.90 Å². The monoisotopic (exact) mass is 403 g/mol. The van der Waals surface area contributed by atoms with Crippen LogP contribution in [0, 0.1) is 11.8 Å². The highest BCUT2D eigenvalue weighted by atomic mass is 35.5. The van der Waals surface area contributed by atoms with Crippen LogP contribution in [0.3, 0.4) is 0 Å². The van der Waals surface area contributed by atoms with Crippen molar-refractivity contribution >= 4 is 28.9 Å². The van der Waals surface area contributed by atoms with E-state index in [0.717, 1.165) is 0 Å². The molecule has 0 saturated heterocycles. The Balaban J connectivity index is 0.00000176. The molecule has 0 bridgehead atoms.